The maximum Gasteiger partial charge on any atom is 0.0567 e. The zero-order valence-electron chi connectivity index (χ0n) is 10.4. The lowest BCUT2D eigenvalue weighted by molar-refractivity contribution is 0.274. The molecule has 1 fully saturated rings. The number of allylic oxidation sites excluding steroid dienone is 1. The summed E-state index contributed by atoms with van der Waals surface area (Å²) in [6, 6.07) is 7.10. The highest BCUT2D eigenvalue weighted by Crippen LogP contribution is 2.46. The fraction of sp³-hybridized carbons (Fsp3) is 0.467. The molecule has 3 heterocycles. The van der Waals surface area contributed by atoms with Gasteiger partial charge in [-0.3, -0.25) is 0 Å². The molecule has 0 aliphatic carbocycles. The van der Waals surface area contributed by atoms with Crippen LogP contribution in [0.15, 0.2) is 28.4 Å². The number of para-hydroxylation sites is 1. The molecule has 1 unspecified atom stereocenters. The van der Waals surface area contributed by atoms with Crippen LogP contribution in [0, 0.1) is 0 Å². The average Bonchev–Trinajstić information content (AvgIpc) is 2.79. The minimum absolute atomic E-state index is 0.544. The predicted octanol–water partition coefficient (Wildman–Crippen LogP) is 3.84. The molecule has 0 spiro atoms. The molecule has 3 aliphatic heterocycles. The number of nitrogens with one attached hydrogen (secondary N) is 1. The average molecular weight is 305 g/mol. The molecular formula is C15H17BrN2. The van der Waals surface area contributed by atoms with Gasteiger partial charge in [-0.1, -0.05) is 12.1 Å². The lowest BCUT2D eigenvalue weighted by Crippen LogP contribution is -2.37. The third-order valence-corrected chi connectivity index (χ3v) is 5.10. The molecule has 2 nitrogen and oxygen atoms in total. The van der Waals surface area contributed by atoms with Gasteiger partial charge >= 0.3 is 0 Å². The van der Waals surface area contributed by atoms with Crippen molar-refractivity contribution in [2.75, 3.05) is 18.4 Å². The fourth-order valence-corrected chi connectivity index (χ4v) is 4.11. The summed E-state index contributed by atoms with van der Waals surface area (Å²) in [4.78, 5) is 2.62. The number of hydrogen-bond acceptors (Lipinski definition) is 2. The maximum atomic E-state index is 3.71. The van der Waals surface area contributed by atoms with Gasteiger partial charge in [-0.2, -0.15) is 0 Å². The third-order valence-electron chi connectivity index (χ3n) is 4.44. The van der Waals surface area contributed by atoms with Gasteiger partial charge in [0.1, 0.15) is 0 Å². The van der Waals surface area contributed by atoms with Crippen molar-refractivity contribution in [2.45, 2.75) is 31.7 Å². The van der Waals surface area contributed by atoms with Crippen LogP contribution in [0.4, 0.5) is 5.69 Å². The summed E-state index contributed by atoms with van der Waals surface area (Å²) in [6.07, 6.45) is 5.21. The molecule has 0 radical (unpaired) electrons. The van der Waals surface area contributed by atoms with Gasteiger partial charge in [0.25, 0.3) is 0 Å². The number of hydrogen-bond donors (Lipinski definition) is 1. The van der Waals surface area contributed by atoms with Gasteiger partial charge in [-0.25, -0.2) is 0 Å². The molecule has 94 valence electrons. The lowest BCUT2D eigenvalue weighted by atomic mass is 9.89. The van der Waals surface area contributed by atoms with Gasteiger partial charge in [0.2, 0.25) is 0 Å². The Hall–Kier alpha value is -0.960. The second kappa shape index (κ2) is 4.02. The van der Waals surface area contributed by atoms with Crippen LogP contribution in [-0.4, -0.2) is 24.0 Å². The van der Waals surface area contributed by atoms with E-state index in [1.807, 2.05) is 0 Å². The smallest absolute Gasteiger partial charge is 0.0567 e. The van der Waals surface area contributed by atoms with Crippen LogP contribution < -0.4 is 5.32 Å². The van der Waals surface area contributed by atoms with E-state index < -0.39 is 0 Å². The van der Waals surface area contributed by atoms with Crippen LogP contribution in [0.5, 0.6) is 0 Å². The molecule has 1 aromatic rings. The predicted molar refractivity (Wildman–Crippen MR) is 78.5 cm³/mol. The molecule has 18 heavy (non-hydrogen) atoms. The number of nitrogens with zero attached hydrogens (tertiary/aromatic N) is 1. The van der Waals surface area contributed by atoms with Gasteiger partial charge in [-0.05, 0) is 47.7 Å². The van der Waals surface area contributed by atoms with Crippen LogP contribution in [0.1, 0.15) is 31.2 Å². The summed E-state index contributed by atoms with van der Waals surface area (Å²) >= 11 is 3.67. The molecule has 4 rings (SSSR count). The first-order valence-electron chi connectivity index (χ1n) is 6.88. The first-order chi connectivity index (χ1) is 8.84. The van der Waals surface area contributed by atoms with Crippen molar-refractivity contribution >= 4 is 27.2 Å². The standard InChI is InChI=1S/C15H17BrN2/c16-11-5-3-4-10-14-12(17-15(10)11)7-9-18-8-2-1-6-13(14)18/h3-5,12,17H,1-2,6-9H2. The third kappa shape index (κ3) is 1.46. The molecule has 0 saturated carbocycles. The van der Waals surface area contributed by atoms with Crippen molar-refractivity contribution in [1.82, 2.24) is 4.90 Å². The summed E-state index contributed by atoms with van der Waals surface area (Å²) in [5.41, 5.74) is 5.92. The van der Waals surface area contributed by atoms with Crippen LogP contribution in [-0.2, 0) is 0 Å². The molecular weight excluding hydrogens is 288 g/mol. The Morgan fingerprint density at radius 1 is 1.22 bits per heavy atom. The molecule has 1 saturated heterocycles. The van der Waals surface area contributed by atoms with E-state index in [4.69, 9.17) is 0 Å². The number of halogens is 1. The van der Waals surface area contributed by atoms with E-state index in [-0.39, 0.29) is 0 Å². The molecule has 3 aliphatic rings. The topological polar surface area (TPSA) is 15.3 Å². The normalized spacial score (nSPS) is 25.4. The first kappa shape index (κ1) is 10.9. The number of fused-ring (bicyclic) bond motifs is 4. The van der Waals surface area contributed by atoms with Gasteiger partial charge in [-0.15, -0.1) is 0 Å². The van der Waals surface area contributed by atoms with E-state index in [9.17, 15) is 0 Å². The maximum absolute atomic E-state index is 3.71. The number of piperidine rings is 1. The van der Waals surface area contributed by atoms with Crippen LogP contribution in [0.25, 0.3) is 5.57 Å². The second-order valence-electron chi connectivity index (χ2n) is 5.45. The van der Waals surface area contributed by atoms with Crippen molar-refractivity contribution in [1.29, 1.82) is 0 Å². The monoisotopic (exact) mass is 304 g/mol. The Labute approximate surface area is 116 Å². The Kier molecular flexibility index (Phi) is 2.44. The Bertz CT molecular complexity index is 535. The van der Waals surface area contributed by atoms with Crippen molar-refractivity contribution < 1.29 is 0 Å². The van der Waals surface area contributed by atoms with Crippen LogP contribution >= 0.6 is 15.9 Å². The van der Waals surface area contributed by atoms with Gasteiger partial charge < -0.3 is 10.2 Å². The van der Waals surface area contributed by atoms with Gasteiger partial charge in [0, 0.05) is 34.4 Å². The minimum Gasteiger partial charge on any atom is -0.377 e. The zero-order chi connectivity index (χ0) is 12.1. The van der Waals surface area contributed by atoms with Crippen molar-refractivity contribution in [2.24, 2.45) is 0 Å². The number of benzene rings is 1. The quantitative estimate of drug-likeness (QED) is 0.783. The molecule has 1 N–H and O–H groups in total. The number of anilines is 1. The van der Waals surface area contributed by atoms with E-state index in [1.54, 1.807) is 11.3 Å². The Balaban J connectivity index is 1.90. The molecule has 0 aromatic heterocycles. The van der Waals surface area contributed by atoms with Crippen molar-refractivity contribution in [3.63, 3.8) is 0 Å². The largest absolute Gasteiger partial charge is 0.377 e. The summed E-state index contributed by atoms with van der Waals surface area (Å²) in [7, 11) is 0. The molecule has 3 heteroatoms. The van der Waals surface area contributed by atoms with Crippen LogP contribution in [0.2, 0.25) is 0 Å². The van der Waals surface area contributed by atoms with E-state index in [1.165, 1.54) is 54.5 Å². The highest BCUT2D eigenvalue weighted by molar-refractivity contribution is 9.10. The Morgan fingerprint density at radius 3 is 3.11 bits per heavy atom. The summed E-state index contributed by atoms with van der Waals surface area (Å²) in [5, 5.41) is 3.71. The Morgan fingerprint density at radius 2 is 2.17 bits per heavy atom. The molecule has 1 atom stereocenters. The molecule has 0 amide bonds. The van der Waals surface area contributed by atoms with E-state index in [0.717, 1.165) is 0 Å². The molecule has 0 bridgehead atoms. The summed E-state index contributed by atoms with van der Waals surface area (Å²) in [6.45, 7) is 2.48. The minimum atomic E-state index is 0.544. The van der Waals surface area contributed by atoms with Gasteiger partial charge in [0.15, 0.2) is 0 Å². The van der Waals surface area contributed by atoms with Crippen molar-refractivity contribution in [3.8, 4) is 0 Å². The highest BCUT2D eigenvalue weighted by atomic mass is 79.9. The zero-order valence-corrected chi connectivity index (χ0v) is 12.0. The van der Waals surface area contributed by atoms with Gasteiger partial charge in [0.05, 0.1) is 11.7 Å². The first-order valence-corrected chi connectivity index (χ1v) is 7.67. The number of rotatable bonds is 0. The second-order valence-corrected chi connectivity index (χ2v) is 6.31. The SMILES string of the molecule is Brc1cccc2c1NC1CCN3CCCCC3=C21. The van der Waals surface area contributed by atoms with E-state index >= 15 is 0 Å². The van der Waals surface area contributed by atoms with Crippen LogP contribution in [0.3, 0.4) is 0 Å². The highest BCUT2D eigenvalue weighted by Gasteiger charge is 2.35. The van der Waals surface area contributed by atoms with E-state index in [2.05, 4.69) is 44.3 Å². The lowest BCUT2D eigenvalue weighted by Gasteiger charge is -2.38. The van der Waals surface area contributed by atoms with Crippen molar-refractivity contribution in [3.05, 3.63) is 33.9 Å². The van der Waals surface area contributed by atoms with E-state index in [0.29, 0.717) is 6.04 Å². The summed E-state index contributed by atoms with van der Waals surface area (Å²) < 4.78 is 1.20. The summed E-state index contributed by atoms with van der Waals surface area (Å²) in [5.74, 6) is 0. The molecule has 1 aromatic carbocycles. The fourth-order valence-electron chi connectivity index (χ4n) is 3.63.